The molecule has 5 nitrogen and oxygen atoms in total. The van der Waals surface area contributed by atoms with Crippen molar-refractivity contribution >= 4 is 23.0 Å². The summed E-state index contributed by atoms with van der Waals surface area (Å²) >= 11 is 6.48. The van der Waals surface area contributed by atoms with Crippen LogP contribution >= 0.6 is 11.6 Å². The number of fused-ring (bicyclic) bond motifs is 3. The molecule has 1 heterocycles. The molecule has 0 saturated heterocycles. The first kappa shape index (κ1) is 16.0. The van der Waals surface area contributed by atoms with Crippen LogP contribution in [0.5, 0.6) is 5.75 Å². The van der Waals surface area contributed by atoms with Crippen molar-refractivity contribution < 1.29 is 9.66 Å². The third kappa shape index (κ3) is 2.46. The lowest BCUT2D eigenvalue weighted by Crippen LogP contribution is -2.30. The number of rotatable bonds is 3. The van der Waals surface area contributed by atoms with Crippen molar-refractivity contribution in [3.05, 3.63) is 74.8 Å². The molecule has 1 N–H and O–H groups in total. The van der Waals surface area contributed by atoms with Gasteiger partial charge < -0.3 is 10.1 Å². The van der Waals surface area contributed by atoms with Crippen molar-refractivity contribution in [2.45, 2.75) is 18.4 Å². The SMILES string of the molecule is COc1ccc(Cl)c2c1N[C@H](c1ccccc1[N+](=O)[O-])[C@@H]1CC=C[C@@H]21. The van der Waals surface area contributed by atoms with E-state index in [1.54, 1.807) is 19.2 Å². The number of nitrogens with zero attached hydrogens (tertiary/aromatic N) is 1. The summed E-state index contributed by atoms with van der Waals surface area (Å²) in [6.07, 6.45) is 5.13. The number of nitrogens with one attached hydrogen (secondary N) is 1. The Balaban J connectivity index is 1.89. The van der Waals surface area contributed by atoms with Crippen LogP contribution in [0.25, 0.3) is 0 Å². The molecular weight excluding hydrogens is 340 g/mol. The summed E-state index contributed by atoms with van der Waals surface area (Å²) in [5.74, 6) is 0.989. The maximum Gasteiger partial charge on any atom is 0.274 e. The Labute approximate surface area is 150 Å². The molecule has 3 atom stereocenters. The first-order chi connectivity index (χ1) is 12.1. The maximum absolute atomic E-state index is 11.5. The maximum atomic E-state index is 11.5. The van der Waals surface area contributed by atoms with Gasteiger partial charge in [0.25, 0.3) is 5.69 Å². The highest BCUT2D eigenvalue weighted by atomic mass is 35.5. The highest BCUT2D eigenvalue weighted by Gasteiger charge is 2.42. The minimum absolute atomic E-state index is 0.115. The van der Waals surface area contributed by atoms with Gasteiger partial charge in [0, 0.05) is 22.6 Å². The molecule has 0 spiro atoms. The standard InChI is InChI=1S/C19H17ClN2O3/c1-25-16-10-9-14(20)17-11-6-4-7-12(11)18(21-19(16)17)13-5-2-3-8-15(13)22(23)24/h2-6,8-12,18,21H,7H2,1H3/t11-,12-,18+/m1/s1. The van der Waals surface area contributed by atoms with Gasteiger partial charge in [-0.15, -0.1) is 0 Å². The van der Waals surface area contributed by atoms with E-state index in [0.29, 0.717) is 16.3 Å². The second kappa shape index (κ2) is 6.08. The quantitative estimate of drug-likeness (QED) is 0.473. The lowest BCUT2D eigenvalue weighted by Gasteiger charge is -2.38. The van der Waals surface area contributed by atoms with E-state index in [9.17, 15) is 10.1 Å². The minimum atomic E-state index is -0.320. The summed E-state index contributed by atoms with van der Waals surface area (Å²) in [5.41, 5.74) is 2.66. The van der Waals surface area contributed by atoms with Gasteiger partial charge in [0.15, 0.2) is 0 Å². The minimum Gasteiger partial charge on any atom is -0.495 e. The molecule has 0 aromatic heterocycles. The molecule has 0 bridgehead atoms. The zero-order valence-corrected chi connectivity index (χ0v) is 14.4. The molecule has 0 unspecified atom stereocenters. The summed E-state index contributed by atoms with van der Waals surface area (Å²) < 4.78 is 5.50. The van der Waals surface area contributed by atoms with E-state index < -0.39 is 0 Å². The number of para-hydroxylation sites is 1. The number of benzene rings is 2. The fourth-order valence-electron chi connectivity index (χ4n) is 4.03. The van der Waals surface area contributed by atoms with Crippen LogP contribution in [0, 0.1) is 16.0 Å². The smallest absolute Gasteiger partial charge is 0.274 e. The molecule has 6 heteroatoms. The number of anilines is 1. The molecule has 0 radical (unpaired) electrons. The van der Waals surface area contributed by atoms with Gasteiger partial charge in [-0.25, -0.2) is 0 Å². The number of ether oxygens (including phenoxy) is 1. The van der Waals surface area contributed by atoms with Gasteiger partial charge in [0.05, 0.1) is 29.3 Å². The van der Waals surface area contributed by atoms with Gasteiger partial charge in [-0.3, -0.25) is 10.1 Å². The van der Waals surface area contributed by atoms with Gasteiger partial charge in [-0.1, -0.05) is 42.0 Å². The normalized spacial score (nSPS) is 23.5. The second-order valence-electron chi connectivity index (χ2n) is 6.33. The van der Waals surface area contributed by atoms with Gasteiger partial charge in [0.1, 0.15) is 5.75 Å². The molecular formula is C19H17ClN2O3. The van der Waals surface area contributed by atoms with E-state index in [1.165, 1.54) is 0 Å². The number of hydrogen-bond donors (Lipinski definition) is 1. The number of nitro groups is 1. The van der Waals surface area contributed by atoms with Crippen molar-refractivity contribution in [3.8, 4) is 5.75 Å². The number of allylic oxidation sites excluding steroid dienone is 2. The van der Waals surface area contributed by atoms with E-state index >= 15 is 0 Å². The summed E-state index contributed by atoms with van der Waals surface area (Å²) in [7, 11) is 1.61. The van der Waals surface area contributed by atoms with Crippen molar-refractivity contribution in [1.29, 1.82) is 0 Å². The van der Waals surface area contributed by atoms with Crippen LogP contribution in [0.4, 0.5) is 11.4 Å². The number of nitro benzene ring substituents is 1. The first-order valence-electron chi connectivity index (χ1n) is 8.14. The molecule has 25 heavy (non-hydrogen) atoms. The average molecular weight is 357 g/mol. The number of halogens is 1. The predicted molar refractivity (Wildman–Crippen MR) is 97.5 cm³/mol. The largest absolute Gasteiger partial charge is 0.495 e. The first-order valence-corrected chi connectivity index (χ1v) is 8.52. The molecule has 128 valence electrons. The highest BCUT2D eigenvalue weighted by Crippen LogP contribution is 2.55. The highest BCUT2D eigenvalue weighted by molar-refractivity contribution is 6.32. The van der Waals surface area contributed by atoms with E-state index in [-0.39, 0.29) is 28.5 Å². The van der Waals surface area contributed by atoms with Crippen LogP contribution in [0.1, 0.15) is 29.5 Å². The van der Waals surface area contributed by atoms with E-state index in [2.05, 4.69) is 17.5 Å². The molecule has 1 aliphatic carbocycles. The van der Waals surface area contributed by atoms with Crippen LogP contribution < -0.4 is 10.1 Å². The molecule has 2 aliphatic rings. The zero-order valence-electron chi connectivity index (χ0n) is 13.6. The van der Waals surface area contributed by atoms with Crippen LogP contribution in [0.2, 0.25) is 5.02 Å². The Morgan fingerprint density at radius 1 is 1.28 bits per heavy atom. The average Bonchev–Trinajstić information content (AvgIpc) is 3.10. The lowest BCUT2D eigenvalue weighted by molar-refractivity contribution is -0.385. The Kier molecular flexibility index (Phi) is 3.88. The predicted octanol–water partition coefficient (Wildman–Crippen LogP) is 5.08. The number of hydrogen-bond acceptors (Lipinski definition) is 4. The summed E-state index contributed by atoms with van der Waals surface area (Å²) in [5, 5.41) is 15.7. The van der Waals surface area contributed by atoms with E-state index in [1.807, 2.05) is 24.3 Å². The van der Waals surface area contributed by atoms with Crippen LogP contribution in [-0.2, 0) is 0 Å². The molecule has 2 aromatic carbocycles. The van der Waals surface area contributed by atoms with Crippen molar-refractivity contribution in [2.75, 3.05) is 12.4 Å². The zero-order chi connectivity index (χ0) is 17.6. The lowest BCUT2D eigenvalue weighted by atomic mass is 9.76. The van der Waals surface area contributed by atoms with Crippen LogP contribution in [-0.4, -0.2) is 12.0 Å². The summed E-state index contributed by atoms with van der Waals surface area (Å²) in [6.45, 7) is 0. The monoisotopic (exact) mass is 356 g/mol. The molecule has 4 rings (SSSR count). The van der Waals surface area contributed by atoms with E-state index in [0.717, 1.165) is 17.7 Å². The third-order valence-electron chi connectivity index (χ3n) is 5.12. The van der Waals surface area contributed by atoms with Gasteiger partial charge in [-0.05, 0) is 24.5 Å². The van der Waals surface area contributed by atoms with Crippen LogP contribution in [0.3, 0.4) is 0 Å². The molecule has 0 amide bonds. The van der Waals surface area contributed by atoms with Gasteiger partial charge >= 0.3 is 0 Å². The Bertz CT molecular complexity index is 881. The van der Waals surface area contributed by atoms with Crippen molar-refractivity contribution in [3.63, 3.8) is 0 Å². The van der Waals surface area contributed by atoms with Crippen LogP contribution in [0.15, 0.2) is 48.6 Å². The Hall–Kier alpha value is -2.53. The third-order valence-corrected chi connectivity index (χ3v) is 5.45. The Morgan fingerprint density at radius 2 is 2.08 bits per heavy atom. The Morgan fingerprint density at radius 3 is 2.84 bits per heavy atom. The molecule has 0 fully saturated rings. The van der Waals surface area contributed by atoms with E-state index in [4.69, 9.17) is 16.3 Å². The molecule has 1 aliphatic heterocycles. The molecule has 2 aromatic rings. The van der Waals surface area contributed by atoms with Gasteiger partial charge in [-0.2, -0.15) is 0 Å². The van der Waals surface area contributed by atoms with Crippen molar-refractivity contribution in [2.24, 2.45) is 5.92 Å². The topological polar surface area (TPSA) is 64.4 Å². The fraction of sp³-hybridized carbons (Fsp3) is 0.263. The van der Waals surface area contributed by atoms with Crippen molar-refractivity contribution in [1.82, 2.24) is 0 Å². The molecule has 0 saturated carbocycles. The van der Waals surface area contributed by atoms with Gasteiger partial charge in [0.2, 0.25) is 0 Å². The summed E-state index contributed by atoms with van der Waals surface area (Å²) in [4.78, 5) is 11.2. The second-order valence-corrected chi connectivity index (χ2v) is 6.74. The summed E-state index contributed by atoms with van der Waals surface area (Å²) in [6, 6.07) is 10.4. The fourth-order valence-corrected chi connectivity index (χ4v) is 4.32. The number of methoxy groups -OCH3 is 1.